The number of halogens is 1. The van der Waals surface area contributed by atoms with Crippen molar-refractivity contribution in [3.8, 4) is 0 Å². The van der Waals surface area contributed by atoms with Crippen LogP contribution in [-0.4, -0.2) is 22.8 Å². The normalized spacial score (nSPS) is 10.6. The van der Waals surface area contributed by atoms with Gasteiger partial charge in [0.1, 0.15) is 5.82 Å². The van der Waals surface area contributed by atoms with Gasteiger partial charge >= 0.3 is 5.97 Å². The summed E-state index contributed by atoms with van der Waals surface area (Å²) in [5, 5.41) is 17.6. The number of aliphatic hydroxyl groups is 1. The van der Waals surface area contributed by atoms with Gasteiger partial charge in [-0.25, -0.2) is 4.39 Å². The fourth-order valence-corrected chi connectivity index (χ4v) is 1.31. The number of aliphatic carboxylic acids is 1. The smallest absolute Gasteiger partial charge is 0.303 e. The van der Waals surface area contributed by atoms with Crippen LogP contribution < -0.4 is 0 Å². The Morgan fingerprint density at radius 3 is 2.28 bits per heavy atom. The van der Waals surface area contributed by atoms with Gasteiger partial charge in [0.2, 0.25) is 0 Å². The highest BCUT2D eigenvalue weighted by atomic mass is 19.1. The quantitative estimate of drug-likeness (QED) is 0.849. The molecule has 0 spiro atoms. The lowest BCUT2D eigenvalue weighted by molar-refractivity contribution is -0.136. The molecule has 0 radical (unpaired) electrons. The van der Waals surface area contributed by atoms with Crippen LogP contribution in [0.25, 0.3) is 5.57 Å². The number of carboxylic acids is 1. The summed E-state index contributed by atoms with van der Waals surface area (Å²) < 4.78 is 12.7. The van der Waals surface area contributed by atoms with Crippen LogP contribution in [0.15, 0.2) is 30.3 Å². The van der Waals surface area contributed by atoms with Crippen LogP contribution >= 0.6 is 0 Å². The number of hydrogen-bond acceptors (Lipinski definition) is 2. The van der Waals surface area contributed by atoms with Crippen molar-refractivity contribution in [2.24, 2.45) is 0 Å². The molecule has 0 bridgehead atoms. The third-order valence-corrected chi connectivity index (χ3v) is 2.13. The maximum absolute atomic E-state index is 12.7. The van der Waals surface area contributed by atoms with Gasteiger partial charge in [0, 0.05) is 6.42 Å². The average Bonchev–Trinajstić information content (AvgIpc) is 2.38. The summed E-state index contributed by atoms with van der Waals surface area (Å²) >= 11 is 0. The lowest BCUT2D eigenvalue weighted by atomic mass is 10.0. The second-order valence-electron chi connectivity index (χ2n) is 3.33. The van der Waals surface area contributed by atoms with Gasteiger partial charge in [-0.05, 0) is 29.7 Å². The first-order chi connectivity index (χ1) is 8.63. The summed E-state index contributed by atoms with van der Waals surface area (Å²) in [7, 11) is 0. The maximum atomic E-state index is 12.7. The third kappa shape index (κ3) is 6.15. The van der Waals surface area contributed by atoms with Crippen molar-refractivity contribution in [3.05, 3.63) is 41.7 Å². The minimum absolute atomic E-state index is 0.0185. The maximum Gasteiger partial charge on any atom is 0.303 e. The highest BCUT2D eigenvalue weighted by molar-refractivity contribution is 5.69. The van der Waals surface area contributed by atoms with Crippen molar-refractivity contribution >= 4 is 11.5 Å². The van der Waals surface area contributed by atoms with Crippen molar-refractivity contribution in [2.45, 2.75) is 26.7 Å². The van der Waals surface area contributed by atoms with E-state index in [4.69, 9.17) is 10.2 Å². The number of carboxylic acid groups (broad SMARTS) is 1. The van der Waals surface area contributed by atoms with E-state index < -0.39 is 5.97 Å². The molecule has 0 heterocycles. The van der Waals surface area contributed by atoms with E-state index in [-0.39, 0.29) is 18.8 Å². The van der Waals surface area contributed by atoms with Crippen LogP contribution in [0.1, 0.15) is 32.3 Å². The van der Waals surface area contributed by atoms with Gasteiger partial charge in [0.25, 0.3) is 0 Å². The van der Waals surface area contributed by atoms with E-state index in [0.717, 1.165) is 0 Å². The molecule has 0 fully saturated rings. The molecule has 0 aliphatic carbocycles. The molecule has 4 heteroatoms. The molecular formula is C14H19FO3. The van der Waals surface area contributed by atoms with Crippen LogP contribution in [0, 0.1) is 5.82 Å². The van der Waals surface area contributed by atoms with Gasteiger partial charge < -0.3 is 10.2 Å². The van der Waals surface area contributed by atoms with E-state index >= 15 is 0 Å². The Kier molecular flexibility index (Phi) is 8.49. The standard InChI is InChI=1S/C12H13FO3.C2H6/c13-11-6-4-9(5-7-11)10(8-14)2-1-3-12(15)16;1-2/h2,4-7,14H,1,3,8H2,(H,15,16);1-2H3/b10-2+;. The van der Waals surface area contributed by atoms with Crippen LogP contribution in [0.4, 0.5) is 4.39 Å². The Hall–Kier alpha value is -1.68. The first kappa shape index (κ1) is 16.3. The second kappa shape index (κ2) is 9.36. The molecule has 100 valence electrons. The first-order valence-electron chi connectivity index (χ1n) is 5.91. The lowest BCUT2D eigenvalue weighted by Gasteiger charge is -2.04. The van der Waals surface area contributed by atoms with Gasteiger partial charge in [-0.3, -0.25) is 4.79 Å². The van der Waals surface area contributed by atoms with E-state index in [2.05, 4.69) is 0 Å². The molecule has 1 aromatic carbocycles. The van der Waals surface area contributed by atoms with E-state index in [9.17, 15) is 9.18 Å². The molecule has 0 saturated heterocycles. The largest absolute Gasteiger partial charge is 0.481 e. The third-order valence-electron chi connectivity index (χ3n) is 2.13. The predicted octanol–water partition coefficient (Wildman–Crippen LogP) is 3.09. The summed E-state index contributed by atoms with van der Waals surface area (Å²) in [6, 6.07) is 5.71. The number of hydrogen-bond donors (Lipinski definition) is 2. The van der Waals surface area contributed by atoms with E-state index in [1.165, 1.54) is 12.1 Å². The highest BCUT2D eigenvalue weighted by Crippen LogP contribution is 2.15. The van der Waals surface area contributed by atoms with Crippen LogP contribution in [0.5, 0.6) is 0 Å². The van der Waals surface area contributed by atoms with Crippen LogP contribution in [0.2, 0.25) is 0 Å². The van der Waals surface area contributed by atoms with Gasteiger partial charge in [-0.2, -0.15) is 0 Å². The summed E-state index contributed by atoms with van der Waals surface area (Å²) in [6.07, 6.45) is 2.02. The fraction of sp³-hybridized carbons (Fsp3) is 0.357. The molecule has 2 N–H and O–H groups in total. The zero-order valence-electron chi connectivity index (χ0n) is 10.7. The Morgan fingerprint density at radius 2 is 1.83 bits per heavy atom. The van der Waals surface area contributed by atoms with E-state index in [1.807, 2.05) is 13.8 Å². The summed E-state index contributed by atoms with van der Waals surface area (Å²) in [5.74, 6) is -1.22. The molecule has 0 atom stereocenters. The number of aliphatic hydroxyl groups excluding tert-OH is 1. The molecule has 0 aliphatic heterocycles. The average molecular weight is 254 g/mol. The molecule has 1 aromatic rings. The van der Waals surface area contributed by atoms with E-state index in [1.54, 1.807) is 18.2 Å². The summed E-state index contributed by atoms with van der Waals surface area (Å²) in [4.78, 5) is 10.3. The lowest BCUT2D eigenvalue weighted by Crippen LogP contribution is -1.95. The Morgan fingerprint density at radius 1 is 1.28 bits per heavy atom. The van der Waals surface area contributed by atoms with E-state index in [0.29, 0.717) is 17.6 Å². The number of benzene rings is 1. The molecule has 0 amide bonds. The van der Waals surface area contributed by atoms with Gasteiger partial charge in [0.15, 0.2) is 0 Å². The van der Waals surface area contributed by atoms with Crippen LogP contribution in [0.3, 0.4) is 0 Å². The van der Waals surface area contributed by atoms with Crippen molar-refractivity contribution < 1.29 is 19.4 Å². The molecule has 0 aromatic heterocycles. The molecule has 0 saturated carbocycles. The zero-order chi connectivity index (χ0) is 14.0. The molecule has 1 rings (SSSR count). The van der Waals surface area contributed by atoms with Crippen LogP contribution in [-0.2, 0) is 4.79 Å². The molecule has 0 unspecified atom stereocenters. The summed E-state index contributed by atoms with van der Waals surface area (Å²) in [6.45, 7) is 3.81. The second-order valence-corrected chi connectivity index (χ2v) is 3.33. The molecular weight excluding hydrogens is 235 g/mol. The molecule has 3 nitrogen and oxygen atoms in total. The topological polar surface area (TPSA) is 57.5 Å². The van der Waals surface area contributed by atoms with Gasteiger partial charge in [-0.1, -0.05) is 32.1 Å². The number of rotatable bonds is 5. The fourth-order valence-electron chi connectivity index (χ4n) is 1.31. The van der Waals surface area contributed by atoms with Crippen molar-refractivity contribution in [1.29, 1.82) is 0 Å². The SMILES string of the molecule is CC.O=C(O)CC/C=C(\CO)c1ccc(F)cc1. The monoisotopic (exact) mass is 254 g/mol. The Bertz CT molecular complexity index is 383. The minimum Gasteiger partial charge on any atom is -0.481 e. The number of carbonyl (C=O) groups is 1. The Labute approximate surface area is 107 Å². The predicted molar refractivity (Wildman–Crippen MR) is 69.7 cm³/mol. The highest BCUT2D eigenvalue weighted by Gasteiger charge is 2.01. The molecule has 0 aliphatic rings. The zero-order valence-corrected chi connectivity index (χ0v) is 10.7. The van der Waals surface area contributed by atoms with Gasteiger partial charge in [0.05, 0.1) is 6.61 Å². The van der Waals surface area contributed by atoms with Gasteiger partial charge in [-0.15, -0.1) is 0 Å². The number of allylic oxidation sites excluding steroid dienone is 1. The summed E-state index contributed by atoms with van der Waals surface area (Å²) in [5.41, 5.74) is 1.32. The van der Waals surface area contributed by atoms with Crippen molar-refractivity contribution in [3.63, 3.8) is 0 Å². The minimum atomic E-state index is -0.882. The first-order valence-corrected chi connectivity index (χ1v) is 5.91. The van der Waals surface area contributed by atoms with Crippen molar-refractivity contribution in [1.82, 2.24) is 0 Å². The Balaban J connectivity index is 0.00000137. The van der Waals surface area contributed by atoms with Crippen molar-refractivity contribution in [2.75, 3.05) is 6.61 Å². The molecule has 18 heavy (non-hydrogen) atoms.